The summed E-state index contributed by atoms with van der Waals surface area (Å²) in [5, 5.41) is 22.5. The van der Waals surface area contributed by atoms with Gasteiger partial charge in [0, 0.05) is 67.3 Å². The Labute approximate surface area is 348 Å². The molecule has 0 saturated heterocycles. The van der Waals surface area contributed by atoms with E-state index in [-0.39, 0.29) is 0 Å². The van der Waals surface area contributed by atoms with E-state index in [2.05, 4.69) is 122 Å². The number of rotatable bonds is 4. The van der Waals surface area contributed by atoms with Gasteiger partial charge in [-0.3, -0.25) is 4.98 Å². The van der Waals surface area contributed by atoms with Gasteiger partial charge in [-0.15, -0.1) is 0 Å². The minimum atomic E-state index is 0.402. The second-order valence-electron chi connectivity index (χ2n) is 15.6. The van der Waals surface area contributed by atoms with Crippen molar-refractivity contribution in [2.75, 3.05) is 0 Å². The molecule has 4 heterocycles. The Morgan fingerprint density at radius 2 is 1.10 bits per heavy atom. The maximum atomic E-state index is 11.7. The first kappa shape index (κ1) is 33.3. The third-order valence-corrected chi connectivity index (χ3v) is 12.6. The standard InChI is InChI=1S/C55H29N5O/c1-57-53-49(32-14-4-2-5-15-32)41(30-56)54(59-43-22-10-8-18-35(43)39-28-40-36-19-9-11-25-47(36)61-48(40)29-46(39)59)50(33-16-6-3-7-17-33)55(53)60-44-23-12-20-37-34-26-27-58-31-42(34)38-21-13-24-45(60)52(38)51(37)44/h2-29,31H. The number of pyridine rings is 1. The highest BCUT2D eigenvalue weighted by Gasteiger charge is 2.32. The van der Waals surface area contributed by atoms with Crippen LogP contribution in [0, 0.1) is 17.9 Å². The van der Waals surface area contributed by atoms with Crippen molar-refractivity contribution in [3.63, 3.8) is 0 Å². The lowest BCUT2D eigenvalue weighted by molar-refractivity contribution is 0.669. The topological polar surface area (TPSA) is 64.0 Å². The van der Waals surface area contributed by atoms with Gasteiger partial charge in [0.25, 0.3) is 0 Å². The number of fused-ring (bicyclic) bond motifs is 9. The average Bonchev–Trinajstić information content (AvgIpc) is 3.97. The Morgan fingerprint density at radius 3 is 1.82 bits per heavy atom. The first-order chi connectivity index (χ1) is 30.2. The molecule has 4 aromatic heterocycles. The summed E-state index contributed by atoms with van der Waals surface area (Å²) in [4.78, 5) is 9.03. The third kappa shape index (κ3) is 4.40. The molecule has 0 saturated carbocycles. The maximum absolute atomic E-state index is 11.7. The monoisotopic (exact) mass is 775 g/mol. The molecule has 6 nitrogen and oxygen atoms in total. The fourth-order valence-electron chi connectivity index (χ4n) is 10.2. The lowest BCUT2D eigenvalue weighted by Gasteiger charge is -2.25. The highest BCUT2D eigenvalue weighted by molar-refractivity contribution is 6.34. The van der Waals surface area contributed by atoms with Crippen LogP contribution < -0.4 is 0 Å². The largest absolute Gasteiger partial charge is 0.456 e. The fraction of sp³-hybridized carbons (Fsp3) is 0. The summed E-state index contributed by atoms with van der Waals surface area (Å²) < 4.78 is 11.1. The van der Waals surface area contributed by atoms with Crippen LogP contribution in [0.1, 0.15) is 5.56 Å². The van der Waals surface area contributed by atoms with Crippen molar-refractivity contribution in [2.24, 2.45) is 0 Å². The quantitative estimate of drug-likeness (QED) is 0.132. The van der Waals surface area contributed by atoms with Crippen molar-refractivity contribution in [2.45, 2.75) is 0 Å². The van der Waals surface area contributed by atoms with Gasteiger partial charge in [-0.25, -0.2) is 4.85 Å². The van der Waals surface area contributed by atoms with Gasteiger partial charge in [-0.1, -0.05) is 121 Å². The molecular formula is C55H29N5O. The fourth-order valence-corrected chi connectivity index (χ4v) is 10.2. The Bertz CT molecular complexity index is 3980. The zero-order valence-corrected chi connectivity index (χ0v) is 32.4. The SMILES string of the molecule is [C-]#[N+]c1c(-c2ccccc2)c(C#N)c(-n2c3ccccc3c3cc4c(cc32)oc2ccccc24)c(-c2ccccc2)c1-n1c2cccc3c4ccncc4c4cccc1c4c32. The highest BCUT2D eigenvalue weighted by Crippen LogP contribution is 2.53. The lowest BCUT2D eigenvalue weighted by atomic mass is 9.88. The van der Waals surface area contributed by atoms with Gasteiger partial charge in [0.15, 0.2) is 0 Å². The zero-order chi connectivity index (χ0) is 40.3. The first-order valence-corrected chi connectivity index (χ1v) is 20.2. The smallest absolute Gasteiger partial charge is 0.220 e. The molecule has 0 N–H and O–H groups in total. The summed E-state index contributed by atoms with van der Waals surface area (Å²) in [7, 11) is 0. The molecule has 0 amide bonds. The van der Waals surface area contributed by atoms with Gasteiger partial charge in [0.1, 0.15) is 17.2 Å². The molecule has 280 valence electrons. The van der Waals surface area contributed by atoms with Crippen LogP contribution in [0.25, 0.3) is 126 Å². The van der Waals surface area contributed by atoms with E-state index in [1.165, 1.54) is 0 Å². The van der Waals surface area contributed by atoms with E-state index in [1.54, 1.807) is 0 Å². The minimum absolute atomic E-state index is 0.402. The van der Waals surface area contributed by atoms with Crippen LogP contribution >= 0.6 is 0 Å². The van der Waals surface area contributed by atoms with Crippen LogP contribution in [0.2, 0.25) is 0 Å². The molecule has 0 bridgehead atoms. The van der Waals surface area contributed by atoms with Crippen LogP contribution in [0.4, 0.5) is 5.69 Å². The summed E-state index contributed by atoms with van der Waals surface area (Å²) in [5.74, 6) is 0. The normalized spacial score (nSPS) is 11.9. The van der Waals surface area contributed by atoms with Crippen LogP contribution in [0.15, 0.2) is 181 Å². The second kappa shape index (κ2) is 12.4. The van der Waals surface area contributed by atoms with Crippen LogP contribution in [0.5, 0.6) is 0 Å². The number of furan rings is 1. The van der Waals surface area contributed by atoms with Gasteiger partial charge in [-0.05, 0) is 63.7 Å². The Balaban J connectivity index is 1.31. The first-order valence-electron chi connectivity index (χ1n) is 20.2. The van der Waals surface area contributed by atoms with Crippen molar-refractivity contribution in [3.8, 4) is 39.7 Å². The maximum Gasteiger partial charge on any atom is 0.220 e. The van der Waals surface area contributed by atoms with Crippen LogP contribution in [0.3, 0.4) is 0 Å². The molecule has 0 aliphatic rings. The molecular weight excluding hydrogens is 747 g/mol. The Morgan fingerprint density at radius 1 is 0.492 bits per heavy atom. The molecule has 9 aromatic carbocycles. The minimum Gasteiger partial charge on any atom is -0.456 e. The molecule has 0 spiro atoms. The number of benzene rings is 9. The molecule has 61 heavy (non-hydrogen) atoms. The van der Waals surface area contributed by atoms with Crippen molar-refractivity contribution >= 4 is 92.8 Å². The van der Waals surface area contributed by atoms with Gasteiger partial charge < -0.3 is 13.6 Å². The molecule has 0 aliphatic carbocycles. The zero-order valence-electron chi connectivity index (χ0n) is 32.4. The number of para-hydroxylation sites is 2. The predicted octanol–water partition coefficient (Wildman–Crippen LogP) is 14.7. The summed E-state index contributed by atoms with van der Waals surface area (Å²) in [6, 6.07) is 58.8. The summed E-state index contributed by atoms with van der Waals surface area (Å²) in [6.45, 7) is 9.15. The van der Waals surface area contributed by atoms with E-state index in [4.69, 9.17) is 11.0 Å². The highest BCUT2D eigenvalue weighted by atomic mass is 16.3. The summed E-state index contributed by atoms with van der Waals surface area (Å²) in [6.07, 6.45) is 3.81. The van der Waals surface area contributed by atoms with E-state index in [0.29, 0.717) is 28.2 Å². The van der Waals surface area contributed by atoms with Crippen molar-refractivity contribution < 1.29 is 4.42 Å². The number of hydrogen-bond donors (Lipinski definition) is 0. The van der Waals surface area contributed by atoms with Crippen molar-refractivity contribution in [1.29, 1.82) is 5.26 Å². The van der Waals surface area contributed by atoms with Crippen LogP contribution in [-0.4, -0.2) is 14.1 Å². The summed E-state index contributed by atoms with van der Waals surface area (Å²) >= 11 is 0. The molecule has 13 rings (SSSR count). The Hall–Kier alpha value is -8.71. The van der Waals surface area contributed by atoms with E-state index in [1.807, 2.05) is 79.1 Å². The Kier molecular flexibility index (Phi) is 6.76. The number of aromatic nitrogens is 3. The number of nitriles is 1. The molecule has 0 unspecified atom stereocenters. The predicted molar refractivity (Wildman–Crippen MR) is 248 cm³/mol. The van der Waals surface area contributed by atoms with E-state index in [0.717, 1.165) is 104 Å². The number of hydrogen-bond acceptors (Lipinski definition) is 3. The third-order valence-electron chi connectivity index (χ3n) is 12.6. The van der Waals surface area contributed by atoms with Crippen molar-refractivity contribution in [3.05, 3.63) is 193 Å². The average molecular weight is 776 g/mol. The van der Waals surface area contributed by atoms with Crippen molar-refractivity contribution in [1.82, 2.24) is 14.1 Å². The van der Waals surface area contributed by atoms with Gasteiger partial charge in [0.05, 0.1) is 45.6 Å². The number of nitrogens with zero attached hydrogens (tertiary/aromatic N) is 5. The van der Waals surface area contributed by atoms with Gasteiger partial charge in [-0.2, -0.15) is 5.26 Å². The van der Waals surface area contributed by atoms with Gasteiger partial charge >= 0.3 is 0 Å². The molecule has 6 heteroatoms. The van der Waals surface area contributed by atoms with E-state index >= 15 is 0 Å². The van der Waals surface area contributed by atoms with E-state index in [9.17, 15) is 5.26 Å². The molecule has 13 aromatic rings. The molecule has 0 radical (unpaired) electrons. The summed E-state index contributed by atoms with van der Waals surface area (Å²) in [5.41, 5.74) is 10.6. The van der Waals surface area contributed by atoms with Gasteiger partial charge in [0.2, 0.25) is 5.69 Å². The molecule has 0 atom stereocenters. The van der Waals surface area contributed by atoms with E-state index < -0.39 is 0 Å². The lowest BCUT2D eigenvalue weighted by Crippen LogP contribution is -2.08. The van der Waals surface area contributed by atoms with Crippen LogP contribution in [-0.2, 0) is 0 Å². The second-order valence-corrected chi connectivity index (χ2v) is 15.6. The molecule has 0 fully saturated rings. The molecule has 0 aliphatic heterocycles.